The van der Waals surface area contributed by atoms with Gasteiger partial charge in [0, 0.05) is 17.8 Å². The first kappa shape index (κ1) is 19.9. The van der Waals surface area contributed by atoms with Crippen LogP contribution in [-0.4, -0.2) is 89.2 Å². The van der Waals surface area contributed by atoms with E-state index in [-0.39, 0.29) is 11.8 Å². The fourth-order valence-electron chi connectivity index (χ4n) is 3.82. The van der Waals surface area contributed by atoms with Crippen molar-refractivity contribution in [2.24, 2.45) is 0 Å². The largest absolute Gasteiger partial charge is 0.360 e. The van der Waals surface area contributed by atoms with Crippen LogP contribution in [0, 0.1) is 0 Å². The Morgan fingerprint density at radius 1 is 1.04 bits per heavy atom. The fourth-order valence-corrected chi connectivity index (χ4v) is 4.01. The number of likely N-dealkylation sites (N-methyl/N-ethyl adjacent to an activating group) is 1. The zero-order chi connectivity index (χ0) is 19.2. The van der Waals surface area contributed by atoms with Gasteiger partial charge in [0.2, 0.25) is 0 Å². The highest BCUT2D eigenvalue weighted by Crippen LogP contribution is 2.19. The van der Waals surface area contributed by atoms with Gasteiger partial charge in [-0.05, 0) is 18.2 Å². The Morgan fingerprint density at radius 3 is 2.30 bits per heavy atom. The van der Waals surface area contributed by atoms with Crippen molar-refractivity contribution in [3.8, 4) is 0 Å². The Morgan fingerprint density at radius 2 is 1.67 bits per heavy atom. The lowest BCUT2D eigenvalue weighted by Gasteiger charge is -2.35. The van der Waals surface area contributed by atoms with Crippen LogP contribution in [-0.2, 0) is 9.59 Å². The quantitative estimate of drug-likeness (QED) is 0.517. The fraction of sp³-hybridized carbons (Fsp3) is 0.579. The molecule has 0 aromatic heterocycles. The third-order valence-corrected chi connectivity index (χ3v) is 5.79. The standard InChI is InChI=1S/C19H28ClN5O2/c1-21-18(26)14-22-7-11-25(12-8-22)19(27)15-23-5-9-24(10-6-23)17-4-2-3-16(20)13-17/h2-4,13H,5-12,14-15H2,1H3,(H,21,26)/p+2. The van der Waals surface area contributed by atoms with Gasteiger partial charge in [0.25, 0.3) is 11.8 Å². The molecule has 8 heteroatoms. The molecule has 0 saturated carbocycles. The molecule has 3 N–H and O–H groups in total. The molecule has 0 bridgehead atoms. The second kappa shape index (κ2) is 9.39. The van der Waals surface area contributed by atoms with Crippen molar-refractivity contribution in [1.82, 2.24) is 10.2 Å². The lowest BCUT2D eigenvalue weighted by atomic mass is 10.2. The van der Waals surface area contributed by atoms with Crippen molar-refractivity contribution in [3.63, 3.8) is 0 Å². The van der Waals surface area contributed by atoms with Crippen LogP contribution in [0.1, 0.15) is 0 Å². The first-order valence-electron chi connectivity index (χ1n) is 9.71. The van der Waals surface area contributed by atoms with Crippen LogP contribution in [0.25, 0.3) is 0 Å². The Kier molecular flexibility index (Phi) is 6.93. The van der Waals surface area contributed by atoms with Gasteiger partial charge in [0.15, 0.2) is 13.1 Å². The molecule has 2 aliphatic rings. The van der Waals surface area contributed by atoms with E-state index in [4.69, 9.17) is 11.6 Å². The lowest BCUT2D eigenvalue weighted by molar-refractivity contribution is -0.898. The van der Waals surface area contributed by atoms with Crippen LogP contribution in [0.15, 0.2) is 24.3 Å². The zero-order valence-corrected chi connectivity index (χ0v) is 16.7. The molecular weight excluding hydrogens is 366 g/mol. The van der Waals surface area contributed by atoms with E-state index in [0.29, 0.717) is 13.1 Å². The number of benzene rings is 1. The molecule has 3 rings (SSSR count). The summed E-state index contributed by atoms with van der Waals surface area (Å²) >= 11 is 6.09. The molecule has 2 aliphatic heterocycles. The molecule has 0 unspecified atom stereocenters. The second-order valence-electron chi connectivity index (χ2n) is 7.37. The zero-order valence-electron chi connectivity index (χ0n) is 16.0. The Hall–Kier alpha value is -1.83. The number of rotatable bonds is 5. The summed E-state index contributed by atoms with van der Waals surface area (Å²) in [5.74, 6) is 0.298. The van der Waals surface area contributed by atoms with Crippen LogP contribution >= 0.6 is 11.6 Å². The minimum Gasteiger partial charge on any atom is -0.360 e. The number of carbonyl (C=O) groups is 2. The van der Waals surface area contributed by atoms with Gasteiger partial charge < -0.3 is 24.9 Å². The molecule has 2 heterocycles. The Balaban J connectivity index is 1.40. The van der Waals surface area contributed by atoms with E-state index in [9.17, 15) is 9.59 Å². The van der Waals surface area contributed by atoms with Crippen LogP contribution < -0.4 is 20.0 Å². The number of piperazine rings is 2. The molecule has 0 atom stereocenters. The molecule has 27 heavy (non-hydrogen) atoms. The molecular formula is C19H30ClN5O2+2. The Bertz CT molecular complexity index is 655. The Labute approximate surface area is 165 Å². The van der Waals surface area contributed by atoms with E-state index in [1.54, 1.807) is 7.05 Å². The van der Waals surface area contributed by atoms with E-state index in [1.165, 1.54) is 9.80 Å². The van der Waals surface area contributed by atoms with E-state index in [1.807, 2.05) is 23.1 Å². The summed E-state index contributed by atoms with van der Waals surface area (Å²) in [6.07, 6.45) is 0. The minimum atomic E-state index is 0.0618. The second-order valence-corrected chi connectivity index (χ2v) is 7.81. The number of nitrogens with zero attached hydrogens (tertiary/aromatic N) is 2. The van der Waals surface area contributed by atoms with Crippen LogP contribution in [0.3, 0.4) is 0 Å². The maximum Gasteiger partial charge on any atom is 0.278 e. The summed E-state index contributed by atoms with van der Waals surface area (Å²) in [6.45, 7) is 8.03. The highest BCUT2D eigenvalue weighted by atomic mass is 35.5. The van der Waals surface area contributed by atoms with Crippen molar-refractivity contribution in [2.75, 3.05) is 77.4 Å². The van der Waals surface area contributed by atoms with Crippen molar-refractivity contribution >= 4 is 29.1 Å². The molecule has 2 amide bonds. The monoisotopic (exact) mass is 395 g/mol. The molecule has 0 radical (unpaired) electrons. The van der Waals surface area contributed by atoms with Gasteiger partial charge in [-0.1, -0.05) is 17.7 Å². The van der Waals surface area contributed by atoms with E-state index in [2.05, 4.69) is 16.3 Å². The van der Waals surface area contributed by atoms with Gasteiger partial charge in [-0.2, -0.15) is 0 Å². The summed E-state index contributed by atoms with van der Waals surface area (Å²) in [5.41, 5.74) is 1.16. The number of quaternary nitrogens is 2. The number of carbonyl (C=O) groups excluding carboxylic acids is 2. The van der Waals surface area contributed by atoms with Gasteiger partial charge in [0.05, 0.1) is 52.4 Å². The molecule has 0 spiro atoms. The molecule has 1 aromatic carbocycles. The first-order valence-corrected chi connectivity index (χ1v) is 10.1. The molecule has 2 fully saturated rings. The van der Waals surface area contributed by atoms with Crippen LogP contribution in [0.5, 0.6) is 0 Å². The highest BCUT2D eigenvalue weighted by Gasteiger charge is 2.29. The predicted octanol–water partition coefficient (Wildman–Crippen LogP) is -2.48. The van der Waals surface area contributed by atoms with Gasteiger partial charge in [-0.3, -0.25) is 9.59 Å². The molecule has 7 nitrogen and oxygen atoms in total. The maximum absolute atomic E-state index is 12.6. The third-order valence-electron chi connectivity index (χ3n) is 5.56. The lowest BCUT2D eigenvalue weighted by Crippen LogP contribution is -3.17. The summed E-state index contributed by atoms with van der Waals surface area (Å²) in [6, 6.07) is 7.95. The molecule has 2 saturated heterocycles. The summed E-state index contributed by atoms with van der Waals surface area (Å²) < 4.78 is 0. The first-order chi connectivity index (χ1) is 13.0. The minimum absolute atomic E-state index is 0.0618. The van der Waals surface area contributed by atoms with Gasteiger partial charge in [-0.25, -0.2) is 0 Å². The van der Waals surface area contributed by atoms with Gasteiger partial charge in [0.1, 0.15) is 0 Å². The average molecular weight is 396 g/mol. The number of halogens is 1. The summed E-state index contributed by atoms with van der Waals surface area (Å²) in [5, 5.41) is 3.42. The van der Waals surface area contributed by atoms with Crippen molar-refractivity contribution in [1.29, 1.82) is 0 Å². The molecule has 1 aromatic rings. The van der Waals surface area contributed by atoms with E-state index >= 15 is 0 Å². The topological polar surface area (TPSA) is 61.5 Å². The van der Waals surface area contributed by atoms with Crippen molar-refractivity contribution in [2.45, 2.75) is 0 Å². The number of amides is 2. The van der Waals surface area contributed by atoms with Gasteiger partial charge >= 0.3 is 0 Å². The SMILES string of the molecule is CNC(=O)C[NH+]1CCN(C(=O)C[NH+]2CCN(c3cccc(Cl)c3)CC2)CC1. The molecule has 0 aliphatic carbocycles. The third kappa shape index (κ3) is 5.57. The van der Waals surface area contributed by atoms with Gasteiger partial charge in [-0.15, -0.1) is 0 Å². The summed E-state index contributed by atoms with van der Waals surface area (Å²) in [4.78, 5) is 31.0. The van der Waals surface area contributed by atoms with Crippen LogP contribution in [0.4, 0.5) is 5.69 Å². The van der Waals surface area contributed by atoms with Crippen molar-refractivity contribution < 1.29 is 19.4 Å². The average Bonchev–Trinajstić information content (AvgIpc) is 2.69. The number of hydrogen-bond acceptors (Lipinski definition) is 3. The van der Waals surface area contributed by atoms with E-state index < -0.39 is 0 Å². The van der Waals surface area contributed by atoms with Crippen molar-refractivity contribution in [3.05, 3.63) is 29.3 Å². The molecule has 148 valence electrons. The highest BCUT2D eigenvalue weighted by molar-refractivity contribution is 6.30. The normalized spacial score (nSPS) is 19.2. The number of anilines is 1. The van der Waals surface area contributed by atoms with Crippen LogP contribution in [0.2, 0.25) is 5.02 Å². The number of nitrogens with one attached hydrogen (secondary N) is 3. The van der Waals surface area contributed by atoms with E-state index in [0.717, 1.165) is 63.1 Å². The summed E-state index contributed by atoms with van der Waals surface area (Å²) in [7, 11) is 1.66. The smallest absolute Gasteiger partial charge is 0.278 e. The number of hydrogen-bond donors (Lipinski definition) is 3. The predicted molar refractivity (Wildman–Crippen MR) is 105 cm³/mol. The maximum atomic E-state index is 12.6.